The highest BCUT2D eigenvalue weighted by atomic mass is 35.5. The Hall–Kier alpha value is -3.01. The number of carbonyl (C=O) groups is 1. The highest BCUT2D eigenvalue weighted by Gasteiger charge is 2.48. The lowest BCUT2D eigenvalue weighted by Gasteiger charge is -2.33. The monoisotopic (exact) mass is 510 g/mol. The Morgan fingerprint density at radius 3 is 2.43 bits per heavy atom. The molecule has 35 heavy (non-hydrogen) atoms. The summed E-state index contributed by atoms with van der Waals surface area (Å²) < 4.78 is 46.2. The number of aromatic nitrogens is 1. The Labute approximate surface area is 206 Å². The summed E-state index contributed by atoms with van der Waals surface area (Å²) in [5, 5.41) is 14.7. The zero-order chi connectivity index (χ0) is 25.3. The molecule has 1 aromatic carbocycles. The Morgan fingerprint density at radius 1 is 1.20 bits per heavy atom. The largest absolute Gasteiger partial charge is 0.490 e. The Morgan fingerprint density at radius 2 is 1.86 bits per heavy atom. The first-order valence-corrected chi connectivity index (χ1v) is 11.7. The molecule has 188 valence electrons. The molecule has 0 amide bonds. The van der Waals surface area contributed by atoms with Gasteiger partial charge in [-0.25, -0.2) is 4.98 Å². The summed E-state index contributed by atoms with van der Waals surface area (Å²) in [4.78, 5) is 18.0. The predicted molar refractivity (Wildman–Crippen MR) is 127 cm³/mol. The van der Waals surface area contributed by atoms with Crippen LogP contribution in [0.15, 0.2) is 41.5 Å². The maximum atomic E-state index is 13.4. The number of nitrogens with zero attached hydrogens (tertiary/aromatic N) is 4. The summed E-state index contributed by atoms with van der Waals surface area (Å²) in [5.74, 6) is -0.816. The summed E-state index contributed by atoms with van der Waals surface area (Å²) >= 11 is 6.15. The number of benzene rings is 1. The maximum absolute atomic E-state index is 13.4. The molecule has 1 N–H and O–H groups in total. The summed E-state index contributed by atoms with van der Waals surface area (Å²) in [6.07, 6.45) is -3.54. The molecule has 2 aliphatic rings. The van der Waals surface area contributed by atoms with E-state index in [4.69, 9.17) is 16.3 Å². The van der Waals surface area contributed by atoms with Crippen molar-refractivity contribution >= 4 is 34.8 Å². The second kappa shape index (κ2) is 9.93. The molecule has 0 radical (unpaired) electrons. The lowest BCUT2D eigenvalue weighted by atomic mass is 9.94. The molecule has 2 aliphatic heterocycles. The van der Waals surface area contributed by atoms with E-state index in [1.165, 1.54) is 6.92 Å². The first-order valence-electron chi connectivity index (χ1n) is 11.3. The zero-order valence-corrected chi connectivity index (χ0v) is 20.1. The molecule has 1 aromatic heterocycles. The summed E-state index contributed by atoms with van der Waals surface area (Å²) in [5.41, 5.74) is 0.266. The predicted octanol–water partition coefficient (Wildman–Crippen LogP) is 5.31. The van der Waals surface area contributed by atoms with Gasteiger partial charge in [0.15, 0.2) is 0 Å². The maximum Gasteiger partial charge on any atom is 0.431 e. The van der Waals surface area contributed by atoms with E-state index in [-0.39, 0.29) is 6.10 Å². The van der Waals surface area contributed by atoms with Gasteiger partial charge in [-0.05, 0) is 43.3 Å². The first-order chi connectivity index (χ1) is 16.5. The molecule has 3 heterocycles. The lowest BCUT2D eigenvalue weighted by molar-refractivity contribution is -0.137. The Balaban J connectivity index is 1.40. The van der Waals surface area contributed by atoms with Crippen LogP contribution >= 0.6 is 11.6 Å². The van der Waals surface area contributed by atoms with Crippen LogP contribution < -0.4 is 14.6 Å². The van der Waals surface area contributed by atoms with E-state index in [1.54, 1.807) is 24.3 Å². The van der Waals surface area contributed by atoms with Gasteiger partial charge in [-0.3, -0.25) is 9.80 Å². The number of carboxylic acid groups (broad SMARTS) is 1. The molecular formula is C24H26ClF3N4O3. The van der Waals surface area contributed by atoms with Crippen molar-refractivity contribution in [1.29, 1.82) is 0 Å². The molecule has 4 rings (SSSR count). The zero-order valence-electron chi connectivity index (χ0n) is 19.3. The van der Waals surface area contributed by atoms with Crippen LogP contribution in [0.3, 0.4) is 0 Å². The number of aryl methyl sites for hydroxylation is 1. The van der Waals surface area contributed by atoms with Crippen molar-refractivity contribution in [2.45, 2.75) is 51.4 Å². The number of aliphatic carboxylic acids is 1. The third-order valence-electron chi connectivity index (χ3n) is 6.29. The second-order valence-corrected chi connectivity index (χ2v) is 9.30. The standard InChI is InChI=1S/C24H26ClF3N4O3/c1-14-11-16(25)12-21(29-14)31-9-7-19(8-10-31)35-18-5-3-17(4-6-18)32-20(13-22(33)34)15(2)23(30-32)24(26,27)28/h3-6,11-12,15,19-20H,7-10,13H2,1-2H3,(H,33,34). The molecule has 2 atom stereocenters. The van der Waals surface area contributed by atoms with E-state index in [9.17, 15) is 23.1 Å². The number of ether oxygens (including phenoxy) is 1. The van der Waals surface area contributed by atoms with Crippen LogP contribution in [0.5, 0.6) is 5.75 Å². The Kier molecular flexibility index (Phi) is 7.12. The van der Waals surface area contributed by atoms with Crippen LogP contribution in [0.25, 0.3) is 0 Å². The molecule has 2 unspecified atom stereocenters. The van der Waals surface area contributed by atoms with Crippen molar-refractivity contribution in [2.24, 2.45) is 11.0 Å². The topological polar surface area (TPSA) is 78.3 Å². The smallest absolute Gasteiger partial charge is 0.431 e. The Bertz CT molecular complexity index is 1080. The fourth-order valence-electron chi connectivity index (χ4n) is 4.53. The van der Waals surface area contributed by atoms with Crippen LogP contribution in [-0.2, 0) is 4.79 Å². The normalized spacial score (nSPS) is 21.3. The number of hydrazone groups is 1. The van der Waals surface area contributed by atoms with Gasteiger partial charge in [0.25, 0.3) is 0 Å². The molecule has 1 fully saturated rings. The van der Waals surface area contributed by atoms with Crippen molar-refractivity contribution in [1.82, 2.24) is 4.98 Å². The van der Waals surface area contributed by atoms with Gasteiger partial charge in [-0.2, -0.15) is 18.3 Å². The number of anilines is 2. The van der Waals surface area contributed by atoms with Crippen LogP contribution in [-0.4, -0.2) is 53.2 Å². The average Bonchev–Trinajstić information content (AvgIpc) is 3.10. The van der Waals surface area contributed by atoms with Gasteiger partial charge in [-0.1, -0.05) is 18.5 Å². The number of alkyl halides is 3. The number of hydrogen-bond acceptors (Lipinski definition) is 6. The molecule has 0 aliphatic carbocycles. The van der Waals surface area contributed by atoms with Crippen molar-refractivity contribution < 1.29 is 27.8 Å². The first kappa shape index (κ1) is 25.1. The summed E-state index contributed by atoms with van der Waals surface area (Å²) in [7, 11) is 0. The van der Waals surface area contributed by atoms with Crippen molar-refractivity contribution in [3.8, 4) is 5.75 Å². The van der Waals surface area contributed by atoms with Gasteiger partial charge in [0.05, 0.1) is 18.2 Å². The van der Waals surface area contributed by atoms with Crippen molar-refractivity contribution in [3.05, 3.63) is 47.1 Å². The number of carboxylic acids is 1. The van der Waals surface area contributed by atoms with E-state index in [2.05, 4.69) is 15.0 Å². The number of halogens is 4. The highest BCUT2D eigenvalue weighted by Crippen LogP contribution is 2.37. The fraction of sp³-hybridized carbons (Fsp3) is 0.458. The third kappa shape index (κ3) is 5.80. The van der Waals surface area contributed by atoms with Gasteiger partial charge >= 0.3 is 12.1 Å². The third-order valence-corrected chi connectivity index (χ3v) is 6.51. The molecule has 0 bridgehead atoms. The van der Waals surface area contributed by atoms with E-state index in [1.807, 2.05) is 19.1 Å². The molecule has 1 saturated heterocycles. The number of pyridine rings is 1. The molecule has 11 heteroatoms. The van der Waals surface area contributed by atoms with E-state index in [0.29, 0.717) is 16.5 Å². The SMILES string of the molecule is Cc1cc(Cl)cc(N2CCC(Oc3ccc(N4N=C(C(F)(F)F)C(C)C4CC(=O)O)cc3)CC2)n1. The summed E-state index contributed by atoms with van der Waals surface area (Å²) in [6.45, 7) is 4.76. The van der Waals surface area contributed by atoms with Gasteiger partial charge in [0, 0.05) is 42.6 Å². The minimum Gasteiger partial charge on any atom is -0.490 e. The van der Waals surface area contributed by atoms with Gasteiger partial charge < -0.3 is 14.7 Å². The van der Waals surface area contributed by atoms with Crippen molar-refractivity contribution in [2.75, 3.05) is 23.0 Å². The number of piperidine rings is 1. The molecule has 2 aromatic rings. The molecule has 7 nitrogen and oxygen atoms in total. The quantitative estimate of drug-likeness (QED) is 0.567. The minimum atomic E-state index is -4.62. The second-order valence-electron chi connectivity index (χ2n) is 8.86. The number of hydrogen-bond donors (Lipinski definition) is 1. The molecule has 0 spiro atoms. The summed E-state index contributed by atoms with van der Waals surface area (Å²) in [6, 6.07) is 9.29. The van der Waals surface area contributed by atoms with Crippen LogP contribution in [0.1, 0.15) is 31.9 Å². The van der Waals surface area contributed by atoms with E-state index >= 15 is 0 Å². The fourth-order valence-corrected chi connectivity index (χ4v) is 4.78. The van der Waals surface area contributed by atoms with E-state index < -0.39 is 36.2 Å². The van der Waals surface area contributed by atoms with E-state index in [0.717, 1.165) is 42.5 Å². The highest BCUT2D eigenvalue weighted by molar-refractivity contribution is 6.30. The molecular weight excluding hydrogens is 485 g/mol. The van der Waals surface area contributed by atoms with Gasteiger partial charge in [-0.15, -0.1) is 0 Å². The van der Waals surface area contributed by atoms with Crippen LogP contribution in [0.4, 0.5) is 24.7 Å². The van der Waals surface area contributed by atoms with Crippen LogP contribution in [0.2, 0.25) is 5.02 Å². The average molecular weight is 511 g/mol. The van der Waals surface area contributed by atoms with Gasteiger partial charge in [0.2, 0.25) is 0 Å². The van der Waals surface area contributed by atoms with Gasteiger partial charge in [0.1, 0.15) is 23.4 Å². The van der Waals surface area contributed by atoms with Crippen molar-refractivity contribution in [3.63, 3.8) is 0 Å². The van der Waals surface area contributed by atoms with Crippen LogP contribution in [0, 0.1) is 12.8 Å². The molecule has 0 saturated carbocycles. The lowest BCUT2D eigenvalue weighted by Crippen LogP contribution is -2.38. The minimum absolute atomic E-state index is 0.0150. The number of rotatable bonds is 6.